The van der Waals surface area contributed by atoms with E-state index in [0.717, 1.165) is 25.7 Å². The summed E-state index contributed by atoms with van der Waals surface area (Å²) in [7, 11) is 0. The van der Waals surface area contributed by atoms with Crippen molar-refractivity contribution in [2.24, 2.45) is 0 Å². The standard InChI is InChI=1S/C21H23N3O2/c25-20(16-5-3-11-22-14-16)23-17-9-12-24(13-10-17)21(26)19-8-7-15-4-1-2-6-18(15)19/h1-6,11,14,17,19H,7-10,12-13H2,(H,23,25). The van der Waals surface area contributed by atoms with Crippen LogP contribution in [0.15, 0.2) is 48.8 Å². The molecule has 4 rings (SSSR count). The molecule has 1 aromatic carbocycles. The number of amides is 2. The van der Waals surface area contributed by atoms with Crippen LogP contribution in [0.2, 0.25) is 0 Å². The van der Waals surface area contributed by atoms with Gasteiger partial charge in [-0.2, -0.15) is 0 Å². The summed E-state index contributed by atoms with van der Waals surface area (Å²) < 4.78 is 0. The molecule has 1 saturated heterocycles. The van der Waals surface area contributed by atoms with Gasteiger partial charge in [-0.15, -0.1) is 0 Å². The molecular weight excluding hydrogens is 326 g/mol. The van der Waals surface area contributed by atoms with E-state index in [4.69, 9.17) is 0 Å². The Morgan fingerprint density at radius 1 is 1.04 bits per heavy atom. The predicted molar refractivity (Wildman–Crippen MR) is 98.8 cm³/mol. The number of fused-ring (bicyclic) bond motifs is 1. The Labute approximate surface area is 153 Å². The summed E-state index contributed by atoms with van der Waals surface area (Å²) in [5.41, 5.74) is 3.09. The molecule has 26 heavy (non-hydrogen) atoms. The number of hydrogen-bond acceptors (Lipinski definition) is 3. The summed E-state index contributed by atoms with van der Waals surface area (Å²) in [5, 5.41) is 3.06. The van der Waals surface area contributed by atoms with Crippen LogP contribution in [0.4, 0.5) is 0 Å². The van der Waals surface area contributed by atoms with Crippen LogP contribution in [-0.4, -0.2) is 40.8 Å². The van der Waals surface area contributed by atoms with Gasteiger partial charge in [0.15, 0.2) is 0 Å². The number of carbonyl (C=O) groups is 2. The summed E-state index contributed by atoms with van der Waals surface area (Å²) >= 11 is 0. The van der Waals surface area contributed by atoms with Gasteiger partial charge in [0.25, 0.3) is 5.91 Å². The second-order valence-electron chi connectivity index (χ2n) is 7.10. The molecule has 1 N–H and O–H groups in total. The number of nitrogens with zero attached hydrogens (tertiary/aromatic N) is 2. The first-order valence-electron chi connectivity index (χ1n) is 9.30. The van der Waals surface area contributed by atoms with Gasteiger partial charge in [0.1, 0.15) is 0 Å². The molecule has 1 fully saturated rings. The fourth-order valence-electron chi connectivity index (χ4n) is 4.04. The van der Waals surface area contributed by atoms with Crippen molar-refractivity contribution < 1.29 is 9.59 Å². The highest BCUT2D eigenvalue weighted by molar-refractivity contribution is 5.94. The van der Waals surface area contributed by atoms with E-state index in [9.17, 15) is 9.59 Å². The first-order chi connectivity index (χ1) is 12.7. The number of pyridine rings is 1. The maximum Gasteiger partial charge on any atom is 0.253 e. The first-order valence-corrected chi connectivity index (χ1v) is 9.30. The maximum absolute atomic E-state index is 12.9. The Morgan fingerprint density at radius 2 is 1.85 bits per heavy atom. The highest BCUT2D eigenvalue weighted by Crippen LogP contribution is 2.34. The van der Waals surface area contributed by atoms with E-state index < -0.39 is 0 Å². The van der Waals surface area contributed by atoms with Gasteiger partial charge in [-0.3, -0.25) is 14.6 Å². The van der Waals surface area contributed by atoms with Gasteiger partial charge in [0, 0.05) is 31.5 Å². The minimum atomic E-state index is -0.0902. The van der Waals surface area contributed by atoms with Crippen molar-refractivity contribution in [3.05, 3.63) is 65.5 Å². The fourth-order valence-corrected chi connectivity index (χ4v) is 4.04. The zero-order chi connectivity index (χ0) is 17.9. The Balaban J connectivity index is 1.33. The van der Waals surface area contributed by atoms with Crippen LogP contribution >= 0.6 is 0 Å². The molecule has 2 aromatic rings. The Kier molecular flexibility index (Phi) is 4.69. The number of aryl methyl sites for hydroxylation is 1. The maximum atomic E-state index is 12.9. The zero-order valence-corrected chi connectivity index (χ0v) is 14.7. The molecule has 5 nitrogen and oxygen atoms in total. The Morgan fingerprint density at radius 3 is 2.62 bits per heavy atom. The lowest BCUT2D eigenvalue weighted by Gasteiger charge is -2.34. The predicted octanol–water partition coefficient (Wildman–Crippen LogP) is 2.53. The van der Waals surface area contributed by atoms with Gasteiger partial charge in [0.05, 0.1) is 11.5 Å². The van der Waals surface area contributed by atoms with E-state index in [1.807, 2.05) is 17.0 Å². The lowest BCUT2D eigenvalue weighted by atomic mass is 9.97. The number of benzene rings is 1. The number of carbonyl (C=O) groups excluding carboxylic acids is 2. The molecule has 0 saturated carbocycles. The van der Waals surface area contributed by atoms with Crippen LogP contribution in [0.3, 0.4) is 0 Å². The van der Waals surface area contributed by atoms with E-state index in [1.165, 1.54) is 11.1 Å². The van der Waals surface area contributed by atoms with Crippen LogP contribution in [-0.2, 0) is 11.2 Å². The molecule has 0 bridgehead atoms. The summed E-state index contributed by atoms with van der Waals surface area (Å²) in [6, 6.07) is 11.9. The molecule has 134 valence electrons. The quantitative estimate of drug-likeness (QED) is 0.926. The fraction of sp³-hybridized carbons (Fsp3) is 0.381. The van der Waals surface area contributed by atoms with E-state index in [1.54, 1.807) is 24.5 Å². The Bertz CT molecular complexity index is 798. The van der Waals surface area contributed by atoms with Gasteiger partial charge in [0.2, 0.25) is 5.91 Å². The van der Waals surface area contributed by atoms with Gasteiger partial charge >= 0.3 is 0 Å². The molecular formula is C21H23N3O2. The molecule has 2 aliphatic rings. The minimum absolute atomic E-state index is 0.00716. The summed E-state index contributed by atoms with van der Waals surface area (Å²) in [6.45, 7) is 1.41. The van der Waals surface area contributed by atoms with Crippen LogP contribution in [0, 0.1) is 0 Å². The van der Waals surface area contributed by atoms with Crippen molar-refractivity contribution >= 4 is 11.8 Å². The van der Waals surface area contributed by atoms with Gasteiger partial charge in [-0.1, -0.05) is 24.3 Å². The van der Waals surface area contributed by atoms with Crippen molar-refractivity contribution in [1.82, 2.24) is 15.2 Å². The van der Waals surface area contributed by atoms with Crippen molar-refractivity contribution in [3.63, 3.8) is 0 Å². The van der Waals surface area contributed by atoms with Crippen molar-refractivity contribution in [2.45, 2.75) is 37.6 Å². The highest BCUT2D eigenvalue weighted by Gasteiger charge is 2.33. The van der Waals surface area contributed by atoms with Crippen LogP contribution in [0.5, 0.6) is 0 Å². The number of hydrogen-bond donors (Lipinski definition) is 1. The second kappa shape index (κ2) is 7.28. The number of likely N-dealkylation sites (tertiary alicyclic amines) is 1. The summed E-state index contributed by atoms with van der Waals surface area (Å²) in [5.74, 6) is 0.160. The van der Waals surface area contributed by atoms with Gasteiger partial charge in [-0.05, 0) is 48.9 Å². The minimum Gasteiger partial charge on any atom is -0.349 e. The monoisotopic (exact) mass is 349 g/mol. The van der Waals surface area contributed by atoms with E-state index in [2.05, 4.69) is 22.4 Å². The van der Waals surface area contributed by atoms with Gasteiger partial charge in [-0.25, -0.2) is 0 Å². The third-order valence-electron chi connectivity index (χ3n) is 5.50. The lowest BCUT2D eigenvalue weighted by molar-refractivity contribution is -0.133. The SMILES string of the molecule is O=C(NC1CCN(C(=O)C2CCc3ccccc32)CC1)c1cccnc1. The van der Waals surface area contributed by atoms with Crippen LogP contribution in [0.25, 0.3) is 0 Å². The van der Waals surface area contributed by atoms with E-state index in [-0.39, 0.29) is 23.8 Å². The summed E-state index contributed by atoms with van der Waals surface area (Å²) in [6.07, 6.45) is 6.73. The largest absolute Gasteiger partial charge is 0.349 e. The first kappa shape index (κ1) is 16.8. The molecule has 1 unspecified atom stereocenters. The smallest absolute Gasteiger partial charge is 0.253 e. The molecule has 1 aliphatic heterocycles. The molecule has 0 radical (unpaired) electrons. The van der Waals surface area contributed by atoms with Crippen molar-refractivity contribution in [1.29, 1.82) is 0 Å². The molecule has 1 atom stereocenters. The summed E-state index contributed by atoms with van der Waals surface area (Å²) in [4.78, 5) is 31.1. The molecule has 0 spiro atoms. The highest BCUT2D eigenvalue weighted by atomic mass is 16.2. The average Bonchev–Trinajstić information content (AvgIpc) is 3.13. The number of aromatic nitrogens is 1. The normalized spacial score (nSPS) is 19.8. The number of rotatable bonds is 3. The van der Waals surface area contributed by atoms with Crippen LogP contribution in [0.1, 0.15) is 46.7 Å². The lowest BCUT2D eigenvalue weighted by Crippen LogP contribution is -2.47. The molecule has 1 aromatic heterocycles. The third kappa shape index (κ3) is 3.34. The zero-order valence-electron chi connectivity index (χ0n) is 14.7. The van der Waals surface area contributed by atoms with Gasteiger partial charge < -0.3 is 10.2 Å². The topological polar surface area (TPSA) is 62.3 Å². The van der Waals surface area contributed by atoms with E-state index >= 15 is 0 Å². The van der Waals surface area contributed by atoms with E-state index in [0.29, 0.717) is 18.7 Å². The molecule has 5 heteroatoms. The second-order valence-corrected chi connectivity index (χ2v) is 7.10. The van der Waals surface area contributed by atoms with Crippen molar-refractivity contribution in [3.8, 4) is 0 Å². The molecule has 2 amide bonds. The third-order valence-corrected chi connectivity index (χ3v) is 5.50. The average molecular weight is 349 g/mol. The van der Waals surface area contributed by atoms with Crippen LogP contribution < -0.4 is 5.32 Å². The number of piperidine rings is 1. The number of nitrogens with one attached hydrogen (secondary N) is 1. The van der Waals surface area contributed by atoms with Crippen molar-refractivity contribution in [2.75, 3.05) is 13.1 Å². The molecule has 1 aliphatic carbocycles. The Hall–Kier alpha value is -2.69. The molecule has 2 heterocycles.